The number of para-hydroxylation sites is 3. The van der Waals surface area contributed by atoms with Crippen molar-refractivity contribution in [3.05, 3.63) is 169 Å². The Labute approximate surface area is 276 Å². The monoisotopic (exact) mass is 609 g/mol. The first kappa shape index (κ1) is 26.6. The van der Waals surface area contributed by atoms with Crippen molar-refractivity contribution < 1.29 is 0 Å². The molecule has 0 aliphatic rings. The zero-order valence-electron chi connectivity index (χ0n) is 25.9. The van der Waals surface area contributed by atoms with Gasteiger partial charge in [0.1, 0.15) is 0 Å². The molecule has 10 rings (SSSR count). The van der Waals surface area contributed by atoms with Crippen LogP contribution in [0.15, 0.2) is 164 Å². The van der Waals surface area contributed by atoms with Crippen molar-refractivity contribution in [3.8, 4) is 28.6 Å². The summed E-state index contributed by atoms with van der Waals surface area (Å²) >= 11 is 0. The summed E-state index contributed by atoms with van der Waals surface area (Å²) in [7, 11) is 0. The molecule has 0 amide bonds. The van der Waals surface area contributed by atoms with Gasteiger partial charge in [-0.2, -0.15) is 5.26 Å². The standard InChI is InChI=1S/C45H27N3/c46-28-29-18-19-32-27-45(35-13-5-4-12-34(35)39(32)24-29)48-42-17-9-7-15-37(42)40-25-30(21-23-43(40)48)31-20-22-38-36-14-6-8-16-41(36)47(44(38)26-31)33-10-2-1-3-11-33/h1-27H. The third-order valence-electron chi connectivity index (χ3n) is 9.90. The maximum Gasteiger partial charge on any atom is 0.0991 e. The molecule has 10 aromatic rings. The van der Waals surface area contributed by atoms with Crippen LogP contribution in [0, 0.1) is 11.3 Å². The molecule has 2 aromatic heterocycles. The molecule has 8 aromatic carbocycles. The van der Waals surface area contributed by atoms with Gasteiger partial charge in [0.25, 0.3) is 0 Å². The van der Waals surface area contributed by atoms with Gasteiger partial charge in [0, 0.05) is 32.6 Å². The maximum absolute atomic E-state index is 9.61. The van der Waals surface area contributed by atoms with E-state index in [4.69, 9.17) is 0 Å². The van der Waals surface area contributed by atoms with Crippen LogP contribution in [-0.2, 0) is 0 Å². The predicted octanol–water partition coefficient (Wildman–Crippen LogP) is 11.7. The molecule has 3 nitrogen and oxygen atoms in total. The highest BCUT2D eigenvalue weighted by molar-refractivity contribution is 6.16. The van der Waals surface area contributed by atoms with E-state index in [0.717, 1.165) is 38.4 Å². The van der Waals surface area contributed by atoms with Gasteiger partial charge in [-0.1, -0.05) is 103 Å². The van der Waals surface area contributed by atoms with Gasteiger partial charge in [0.2, 0.25) is 0 Å². The molecule has 222 valence electrons. The van der Waals surface area contributed by atoms with Crippen molar-refractivity contribution in [2.45, 2.75) is 0 Å². The first-order valence-corrected chi connectivity index (χ1v) is 16.2. The third-order valence-corrected chi connectivity index (χ3v) is 9.90. The van der Waals surface area contributed by atoms with Crippen molar-refractivity contribution in [2.75, 3.05) is 0 Å². The molecule has 48 heavy (non-hydrogen) atoms. The number of aromatic nitrogens is 2. The smallest absolute Gasteiger partial charge is 0.0991 e. The second kappa shape index (κ2) is 10.2. The normalized spacial score (nSPS) is 11.7. The lowest BCUT2D eigenvalue weighted by molar-refractivity contribution is 1.18. The fraction of sp³-hybridized carbons (Fsp3) is 0. The van der Waals surface area contributed by atoms with Crippen molar-refractivity contribution >= 4 is 65.2 Å². The Morgan fingerprint density at radius 1 is 0.375 bits per heavy atom. The molecule has 3 heteroatoms. The molecule has 0 aliphatic carbocycles. The van der Waals surface area contributed by atoms with Gasteiger partial charge in [-0.15, -0.1) is 0 Å². The first-order chi connectivity index (χ1) is 23.8. The van der Waals surface area contributed by atoms with E-state index < -0.39 is 0 Å². The highest BCUT2D eigenvalue weighted by atomic mass is 15.0. The lowest BCUT2D eigenvalue weighted by Crippen LogP contribution is -1.96. The molecule has 0 fully saturated rings. The predicted molar refractivity (Wildman–Crippen MR) is 200 cm³/mol. The van der Waals surface area contributed by atoms with Crippen LogP contribution in [0.4, 0.5) is 0 Å². The minimum absolute atomic E-state index is 0.673. The Kier molecular flexibility index (Phi) is 5.64. The summed E-state index contributed by atoms with van der Waals surface area (Å²) in [5.74, 6) is 0. The Balaban J connectivity index is 1.22. The number of hydrogen-bond donors (Lipinski definition) is 0. The maximum atomic E-state index is 9.61. The molecule has 0 bridgehead atoms. The minimum Gasteiger partial charge on any atom is -0.309 e. The lowest BCUT2D eigenvalue weighted by atomic mass is 9.98. The molecular formula is C45H27N3. The van der Waals surface area contributed by atoms with Gasteiger partial charge in [0.15, 0.2) is 0 Å². The highest BCUT2D eigenvalue weighted by Gasteiger charge is 2.18. The summed E-state index contributed by atoms with van der Waals surface area (Å²) in [4.78, 5) is 0. The number of nitriles is 1. The van der Waals surface area contributed by atoms with E-state index in [1.165, 1.54) is 49.2 Å². The topological polar surface area (TPSA) is 33.6 Å². The molecule has 0 aliphatic heterocycles. The molecule has 0 spiro atoms. The molecule has 0 saturated carbocycles. The van der Waals surface area contributed by atoms with E-state index in [1.54, 1.807) is 0 Å². The zero-order valence-corrected chi connectivity index (χ0v) is 25.9. The lowest BCUT2D eigenvalue weighted by Gasteiger charge is -2.14. The van der Waals surface area contributed by atoms with Crippen molar-refractivity contribution in [1.82, 2.24) is 9.13 Å². The third kappa shape index (κ3) is 3.81. The number of nitrogens with zero attached hydrogens (tertiary/aromatic N) is 3. The van der Waals surface area contributed by atoms with E-state index in [-0.39, 0.29) is 0 Å². The van der Waals surface area contributed by atoms with Crippen LogP contribution in [0.5, 0.6) is 0 Å². The second-order valence-corrected chi connectivity index (χ2v) is 12.5. The summed E-state index contributed by atoms with van der Waals surface area (Å²) in [6.45, 7) is 0. The number of hydrogen-bond acceptors (Lipinski definition) is 1. The molecule has 0 saturated heterocycles. The Bertz CT molecular complexity index is 2950. The van der Waals surface area contributed by atoms with E-state index in [9.17, 15) is 5.26 Å². The van der Waals surface area contributed by atoms with Crippen molar-refractivity contribution in [3.63, 3.8) is 0 Å². The van der Waals surface area contributed by atoms with Crippen LogP contribution in [0.1, 0.15) is 5.56 Å². The molecule has 0 radical (unpaired) electrons. The zero-order chi connectivity index (χ0) is 31.8. The van der Waals surface area contributed by atoms with Crippen LogP contribution < -0.4 is 0 Å². The summed E-state index contributed by atoms with van der Waals surface area (Å²) < 4.78 is 4.79. The first-order valence-electron chi connectivity index (χ1n) is 16.2. The summed E-state index contributed by atoms with van der Waals surface area (Å²) in [5, 5.41) is 19.1. The average molecular weight is 610 g/mol. The largest absolute Gasteiger partial charge is 0.309 e. The molecule has 0 unspecified atom stereocenters. The van der Waals surface area contributed by atoms with Crippen molar-refractivity contribution in [1.29, 1.82) is 5.26 Å². The van der Waals surface area contributed by atoms with Crippen LogP contribution in [-0.4, -0.2) is 9.13 Å². The SMILES string of the molecule is N#Cc1ccc2cc(-n3c4ccccc4c4cc(-c5ccc6c7ccccc7n(-c7ccccc7)c6c5)ccc43)c3ccccc3c2c1. The summed E-state index contributed by atoms with van der Waals surface area (Å²) in [6, 6.07) is 60.9. The van der Waals surface area contributed by atoms with E-state index in [1.807, 2.05) is 12.1 Å². The Hall–Kier alpha value is -6.63. The van der Waals surface area contributed by atoms with Gasteiger partial charge >= 0.3 is 0 Å². The molecule has 2 heterocycles. The van der Waals surface area contributed by atoms with Gasteiger partial charge in [-0.3, -0.25) is 0 Å². The fourth-order valence-corrected chi connectivity index (χ4v) is 7.75. The molecular weight excluding hydrogens is 583 g/mol. The van der Waals surface area contributed by atoms with E-state index in [0.29, 0.717) is 5.56 Å². The number of benzene rings is 8. The van der Waals surface area contributed by atoms with Gasteiger partial charge < -0.3 is 9.13 Å². The van der Waals surface area contributed by atoms with Crippen LogP contribution in [0.3, 0.4) is 0 Å². The van der Waals surface area contributed by atoms with Crippen molar-refractivity contribution in [2.24, 2.45) is 0 Å². The van der Waals surface area contributed by atoms with Gasteiger partial charge in [-0.25, -0.2) is 0 Å². The van der Waals surface area contributed by atoms with E-state index >= 15 is 0 Å². The minimum atomic E-state index is 0.673. The number of fused-ring (bicyclic) bond motifs is 9. The van der Waals surface area contributed by atoms with Gasteiger partial charge in [-0.05, 0) is 87.9 Å². The Morgan fingerprint density at radius 3 is 1.77 bits per heavy atom. The summed E-state index contributed by atoms with van der Waals surface area (Å²) in [6.07, 6.45) is 0. The van der Waals surface area contributed by atoms with Crippen LogP contribution in [0.2, 0.25) is 0 Å². The Morgan fingerprint density at radius 2 is 0.979 bits per heavy atom. The average Bonchev–Trinajstić information content (AvgIpc) is 3.66. The second-order valence-electron chi connectivity index (χ2n) is 12.5. The quantitative estimate of drug-likeness (QED) is 0.183. The fourth-order valence-electron chi connectivity index (χ4n) is 7.75. The van der Waals surface area contributed by atoms with Crippen LogP contribution >= 0.6 is 0 Å². The van der Waals surface area contributed by atoms with E-state index in [2.05, 4.69) is 167 Å². The molecule has 0 N–H and O–H groups in total. The van der Waals surface area contributed by atoms with Gasteiger partial charge in [0.05, 0.1) is 39.4 Å². The number of rotatable bonds is 3. The highest BCUT2D eigenvalue weighted by Crippen LogP contribution is 2.40. The molecule has 0 atom stereocenters. The van der Waals surface area contributed by atoms with Crippen LogP contribution in [0.25, 0.3) is 87.7 Å². The summed E-state index contributed by atoms with van der Waals surface area (Å²) in [5.41, 5.74) is 10.1.